The minimum Gasteiger partial charge on any atom is -0.425 e. The van der Waals surface area contributed by atoms with Crippen molar-refractivity contribution in [2.45, 2.75) is 33.4 Å². The molecule has 144 valence electrons. The first-order chi connectivity index (χ1) is 13.5. The molecule has 0 aliphatic rings. The number of hydrogen-bond donors (Lipinski definition) is 0. The molecule has 0 aliphatic heterocycles. The SMILES string of the molecule is CCn1cc(-c2ccc(Oc3nc4c(cnn4C(C)C)c(=O)n3C)cc2)cn1. The fraction of sp³-hybridized carbons (Fsp3) is 0.300. The van der Waals surface area contributed by atoms with E-state index in [1.807, 2.05) is 62.1 Å². The van der Waals surface area contributed by atoms with E-state index in [0.29, 0.717) is 16.8 Å². The third-order valence-electron chi connectivity index (χ3n) is 4.64. The van der Waals surface area contributed by atoms with Crippen LogP contribution in [0.2, 0.25) is 0 Å². The summed E-state index contributed by atoms with van der Waals surface area (Å²) in [6, 6.07) is 7.95. The fourth-order valence-electron chi connectivity index (χ4n) is 3.03. The Morgan fingerprint density at radius 1 is 1.07 bits per heavy atom. The summed E-state index contributed by atoms with van der Waals surface area (Å²) < 4.78 is 10.9. The molecule has 0 N–H and O–H groups in total. The lowest BCUT2D eigenvalue weighted by Crippen LogP contribution is -2.20. The van der Waals surface area contributed by atoms with E-state index in [4.69, 9.17) is 4.74 Å². The van der Waals surface area contributed by atoms with Crippen molar-refractivity contribution in [3.05, 3.63) is 53.2 Å². The van der Waals surface area contributed by atoms with E-state index in [-0.39, 0.29) is 17.6 Å². The molecule has 28 heavy (non-hydrogen) atoms. The first-order valence-corrected chi connectivity index (χ1v) is 9.23. The van der Waals surface area contributed by atoms with Crippen LogP contribution in [0.25, 0.3) is 22.2 Å². The van der Waals surface area contributed by atoms with Gasteiger partial charge in [0.05, 0.1) is 12.4 Å². The molecule has 0 aliphatic carbocycles. The number of nitrogens with zero attached hydrogens (tertiary/aromatic N) is 6. The Kier molecular flexibility index (Phi) is 4.46. The molecule has 0 fully saturated rings. The molecule has 0 bridgehead atoms. The molecule has 8 heteroatoms. The summed E-state index contributed by atoms with van der Waals surface area (Å²) in [6.45, 7) is 6.86. The van der Waals surface area contributed by atoms with Gasteiger partial charge in [-0.05, 0) is 38.5 Å². The quantitative estimate of drug-likeness (QED) is 0.532. The van der Waals surface area contributed by atoms with Gasteiger partial charge in [0, 0.05) is 31.4 Å². The number of aryl methyl sites for hydroxylation is 1. The topological polar surface area (TPSA) is 79.8 Å². The highest BCUT2D eigenvalue weighted by atomic mass is 16.5. The van der Waals surface area contributed by atoms with Crippen molar-refractivity contribution < 1.29 is 4.74 Å². The third-order valence-corrected chi connectivity index (χ3v) is 4.64. The molecule has 4 aromatic rings. The van der Waals surface area contributed by atoms with Crippen molar-refractivity contribution in [2.24, 2.45) is 7.05 Å². The van der Waals surface area contributed by atoms with Crippen LogP contribution in [0, 0.1) is 0 Å². The van der Waals surface area contributed by atoms with Crippen molar-refractivity contribution in [3.63, 3.8) is 0 Å². The Morgan fingerprint density at radius 3 is 2.46 bits per heavy atom. The number of benzene rings is 1. The molecular formula is C20H22N6O2. The van der Waals surface area contributed by atoms with Crippen molar-refractivity contribution in [1.29, 1.82) is 0 Å². The van der Waals surface area contributed by atoms with Crippen molar-refractivity contribution in [2.75, 3.05) is 0 Å². The highest BCUT2D eigenvalue weighted by molar-refractivity contribution is 5.73. The lowest BCUT2D eigenvalue weighted by Gasteiger charge is -2.11. The van der Waals surface area contributed by atoms with E-state index >= 15 is 0 Å². The lowest BCUT2D eigenvalue weighted by atomic mass is 10.1. The van der Waals surface area contributed by atoms with Crippen LogP contribution in [-0.4, -0.2) is 29.1 Å². The van der Waals surface area contributed by atoms with Gasteiger partial charge >= 0.3 is 6.01 Å². The summed E-state index contributed by atoms with van der Waals surface area (Å²) in [7, 11) is 1.64. The van der Waals surface area contributed by atoms with Crippen molar-refractivity contribution in [3.8, 4) is 22.9 Å². The van der Waals surface area contributed by atoms with Gasteiger partial charge in [-0.3, -0.25) is 14.0 Å². The Hall–Kier alpha value is -3.42. The summed E-state index contributed by atoms with van der Waals surface area (Å²) in [5.41, 5.74) is 2.43. The van der Waals surface area contributed by atoms with Gasteiger partial charge in [-0.25, -0.2) is 4.68 Å². The molecule has 8 nitrogen and oxygen atoms in total. The second-order valence-electron chi connectivity index (χ2n) is 6.89. The Bertz CT molecular complexity index is 1180. The van der Waals surface area contributed by atoms with E-state index in [2.05, 4.69) is 15.2 Å². The predicted molar refractivity (Wildman–Crippen MR) is 107 cm³/mol. The molecule has 0 atom stereocenters. The van der Waals surface area contributed by atoms with E-state index in [9.17, 15) is 4.79 Å². The highest BCUT2D eigenvalue weighted by Crippen LogP contribution is 2.25. The second-order valence-corrected chi connectivity index (χ2v) is 6.89. The van der Waals surface area contributed by atoms with Crippen LogP contribution in [0.5, 0.6) is 11.8 Å². The smallest absolute Gasteiger partial charge is 0.306 e. The maximum atomic E-state index is 12.6. The molecular weight excluding hydrogens is 356 g/mol. The number of aromatic nitrogens is 6. The van der Waals surface area contributed by atoms with Crippen LogP contribution >= 0.6 is 0 Å². The summed E-state index contributed by atoms with van der Waals surface area (Å²) >= 11 is 0. The molecule has 1 aromatic carbocycles. The number of fused-ring (bicyclic) bond motifs is 1. The highest BCUT2D eigenvalue weighted by Gasteiger charge is 2.16. The van der Waals surface area contributed by atoms with Crippen LogP contribution in [0.4, 0.5) is 0 Å². The molecule has 0 spiro atoms. The molecule has 4 rings (SSSR count). The first kappa shape index (κ1) is 18.0. The third kappa shape index (κ3) is 3.06. The van der Waals surface area contributed by atoms with E-state index in [1.165, 1.54) is 4.57 Å². The van der Waals surface area contributed by atoms with Gasteiger partial charge in [0.1, 0.15) is 11.1 Å². The van der Waals surface area contributed by atoms with Crippen LogP contribution in [-0.2, 0) is 13.6 Å². The zero-order valence-electron chi connectivity index (χ0n) is 16.3. The Morgan fingerprint density at radius 2 is 1.82 bits per heavy atom. The zero-order valence-corrected chi connectivity index (χ0v) is 16.3. The lowest BCUT2D eigenvalue weighted by molar-refractivity contribution is 0.413. The zero-order chi connectivity index (χ0) is 19.8. The predicted octanol–water partition coefficient (Wildman–Crippen LogP) is 3.39. The number of ether oxygens (including phenoxy) is 1. The molecule has 0 radical (unpaired) electrons. The van der Waals surface area contributed by atoms with E-state index in [1.54, 1.807) is 17.9 Å². The molecule has 3 aromatic heterocycles. The molecule has 3 heterocycles. The van der Waals surface area contributed by atoms with Crippen LogP contribution in [0.3, 0.4) is 0 Å². The average Bonchev–Trinajstić information content (AvgIpc) is 3.33. The van der Waals surface area contributed by atoms with Crippen LogP contribution in [0.1, 0.15) is 26.8 Å². The minimum absolute atomic E-state index is 0.0910. The van der Waals surface area contributed by atoms with Crippen molar-refractivity contribution >= 4 is 11.0 Å². The van der Waals surface area contributed by atoms with E-state index < -0.39 is 0 Å². The normalized spacial score (nSPS) is 11.5. The van der Waals surface area contributed by atoms with Gasteiger partial charge in [-0.2, -0.15) is 15.2 Å². The molecule has 0 saturated heterocycles. The van der Waals surface area contributed by atoms with Crippen molar-refractivity contribution in [1.82, 2.24) is 29.1 Å². The second kappa shape index (κ2) is 6.95. The van der Waals surface area contributed by atoms with Gasteiger partial charge in [-0.1, -0.05) is 12.1 Å². The average molecular weight is 378 g/mol. The molecule has 0 unspecified atom stereocenters. The van der Waals surface area contributed by atoms with Gasteiger partial charge in [0.2, 0.25) is 0 Å². The maximum absolute atomic E-state index is 12.6. The summed E-state index contributed by atoms with van der Waals surface area (Å²) in [5.74, 6) is 0.601. The van der Waals surface area contributed by atoms with Gasteiger partial charge in [0.25, 0.3) is 5.56 Å². The van der Waals surface area contributed by atoms with Gasteiger partial charge in [-0.15, -0.1) is 0 Å². The van der Waals surface area contributed by atoms with Gasteiger partial charge < -0.3 is 4.74 Å². The van der Waals surface area contributed by atoms with Crippen LogP contribution < -0.4 is 10.3 Å². The summed E-state index contributed by atoms with van der Waals surface area (Å²) in [6.07, 6.45) is 5.40. The first-order valence-electron chi connectivity index (χ1n) is 9.23. The number of rotatable bonds is 5. The van der Waals surface area contributed by atoms with Crippen LogP contribution in [0.15, 0.2) is 47.7 Å². The molecule has 0 saturated carbocycles. The van der Waals surface area contributed by atoms with E-state index in [0.717, 1.165) is 17.7 Å². The molecule has 0 amide bonds. The summed E-state index contributed by atoms with van der Waals surface area (Å²) in [4.78, 5) is 17.2. The maximum Gasteiger partial charge on any atom is 0.306 e. The van der Waals surface area contributed by atoms with Gasteiger partial charge in [0.15, 0.2) is 5.65 Å². The fourth-order valence-corrected chi connectivity index (χ4v) is 3.03. The monoisotopic (exact) mass is 378 g/mol. The number of hydrogen-bond acceptors (Lipinski definition) is 5. The Labute approximate surface area is 162 Å². The minimum atomic E-state index is -0.185. The summed E-state index contributed by atoms with van der Waals surface area (Å²) in [5, 5.41) is 9.05. The Balaban J connectivity index is 1.67. The standard InChI is InChI=1S/C20H22N6O2/c1-5-25-12-15(10-21-25)14-6-8-16(9-7-14)28-20-23-18-17(19(27)24(20)4)11-22-26(18)13(2)3/h6-13H,5H2,1-4H3. The largest absolute Gasteiger partial charge is 0.425 e.